The van der Waals surface area contributed by atoms with Crippen LogP contribution in [-0.4, -0.2) is 41.1 Å². The van der Waals surface area contributed by atoms with Crippen molar-refractivity contribution >= 4 is 35.0 Å². The fraction of sp³-hybridized carbons (Fsp3) is 0.241. The van der Waals surface area contributed by atoms with Crippen molar-refractivity contribution in [1.29, 1.82) is 0 Å². The largest absolute Gasteiger partial charge is 0.306 e. The van der Waals surface area contributed by atoms with Gasteiger partial charge in [-0.3, -0.25) is 24.1 Å². The van der Waals surface area contributed by atoms with Crippen LogP contribution in [0.1, 0.15) is 45.5 Å². The Morgan fingerprint density at radius 3 is 2.19 bits per heavy atom. The van der Waals surface area contributed by atoms with Gasteiger partial charge in [0.15, 0.2) is 0 Å². The lowest BCUT2D eigenvalue weighted by Crippen LogP contribution is -2.49. The van der Waals surface area contributed by atoms with Crippen molar-refractivity contribution in [3.8, 4) is 0 Å². The molecule has 6 rings (SSSR count). The summed E-state index contributed by atoms with van der Waals surface area (Å²) in [6, 6.07) is 19.5. The third kappa shape index (κ3) is 3.80. The van der Waals surface area contributed by atoms with Crippen molar-refractivity contribution in [2.45, 2.75) is 31.8 Å². The molecule has 0 N–H and O–H groups in total. The second kappa shape index (κ2) is 8.96. The smallest absolute Gasteiger partial charge is 0.262 e. The van der Waals surface area contributed by atoms with Crippen LogP contribution in [0.5, 0.6) is 0 Å². The van der Waals surface area contributed by atoms with E-state index in [-0.39, 0.29) is 23.6 Å². The Balaban J connectivity index is 1.40. The number of anilines is 2. The van der Waals surface area contributed by atoms with Crippen LogP contribution in [0, 0.1) is 11.7 Å². The molecule has 0 unspecified atom stereocenters. The zero-order valence-corrected chi connectivity index (χ0v) is 20.0. The highest BCUT2D eigenvalue weighted by molar-refractivity contribution is 6.23. The van der Waals surface area contributed by atoms with Crippen LogP contribution in [0.2, 0.25) is 0 Å². The summed E-state index contributed by atoms with van der Waals surface area (Å²) in [6.45, 7) is -0.223. The van der Waals surface area contributed by atoms with Crippen LogP contribution in [-0.2, 0) is 16.1 Å². The van der Waals surface area contributed by atoms with E-state index in [1.54, 1.807) is 29.2 Å². The molecule has 0 saturated heterocycles. The molecule has 3 aliphatic rings. The van der Waals surface area contributed by atoms with Crippen molar-refractivity contribution in [2.75, 3.05) is 16.3 Å². The summed E-state index contributed by atoms with van der Waals surface area (Å²) in [5.41, 5.74) is 2.12. The van der Waals surface area contributed by atoms with Crippen LogP contribution in [0.3, 0.4) is 0 Å². The number of carbonyl (C=O) groups excluding carboxylic acids is 4. The molecule has 8 heteroatoms. The Morgan fingerprint density at radius 1 is 0.811 bits per heavy atom. The summed E-state index contributed by atoms with van der Waals surface area (Å²) >= 11 is 0. The van der Waals surface area contributed by atoms with Crippen molar-refractivity contribution in [3.63, 3.8) is 0 Å². The Labute approximate surface area is 213 Å². The van der Waals surface area contributed by atoms with Gasteiger partial charge in [0.05, 0.1) is 35.0 Å². The van der Waals surface area contributed by atoms with Crippen molar-refractivity contribution < 1.29 is 23.6 Å². The number of fused-ring (bicyclic) bond motifs is 3. The van der Waals surface area contributed by atoms with Crippen molar-refractivity contribution in [1.82, 2.24) is 4.90 Å². The lowest BCUT2D eigenvalue weighted by atomic mass is 10.0. The normalized spacial score (nSPS) is 20.6. The van der Waals surface area contributed by atoms with Crippen LogP contribution in [0.4, 0.5) is 15.8 Å². The highest BCUT2D eigenvalue weighted by Crippen LogP contribution is 2.44. The Kier molecular flexibility index (Phi) is 5.59. The molecule has 3 aromatic rings. The first kappa shape index (κ1) is 23.1. The minimum absolute atomic E-state index is 0.158. The quantitative estimate of drug-likeness (QED) is 0.507. The minimum Gasteiger partial charge on any atom is -0.306 e. The minimum atomic E-state index is -0.524. The van der Waals surface area contributed by atoms with Gasteiger partial charge in [0.2, 0.25) is 11.8 Å². The van der Waals surface area contributed by atoms with Gasteiger partial charge in [-0.25, -0.2) is 4.39 Å². The summed E-state index contributed by atoms with van der Waals surface area (Å²) in [5.74, 6) is -2.67. The molecule has 0 spiro atoms. The number of carbonyl (C=O) groups is 4. The average molecular weight is 498 g/mol. The SMILES string of the molecule is O=C1c2ccccc2C(=O)N1CC(=O)N1c2ccc(F)cc2N(Cc2ccccc2)C(=O)[C@H]2CCC[C@H]21. The molecule has 2 heterocycles. The van der Waals surface area contributed by atoms with E-state index in [2.05, 4.69) is 0 Å². The van der Waals surface area contributed by atoms with E-state index in [4.69, 9.17) is 0 Å². The second-order valence-corrected chi connectivity index (χ2v) is 9.65. The van der Waals surface area contributed by atoms with E-state index in [9.17, 15) is 23.6 Å². The summed E-state index contributed by atoms with van der Waals surface area (Å²) in [5, 5.41) is 0. The standard InChI is InChI=1S/C29H24FN3O4/c30-19-13-14-24-25(15-19)31(16-18-7-2-1-3-8-18)29(37)22-11-6-12-23(22)33(24)26(34)17-32-27(35)20-9-4-5-10-21(20)28(32)36/h1-5,7-10,13-15,22-23H,6,11-12,16-17H2/t22-,23+/m0/s1. The van der Waals surface area contributed by atoms with E-state index in [1.807, 2.05) is 30.3 Å². The van der Waals surface area contributed by atoms with Crippen molar-refractivity contribution in [2.24, 2.45) is 5.92 Å². The molecule has 1 fully saturated rings. The second-order valence-electron chi connectivity index (χ2n) is 9.65. The lowest BCUT2D eigenvalue weighted by molar-refractivity contribution is -0.123. The molecular weight excluding hydrogens is 473 g/mol. The predicted octanol–water partition coefficient (Wildman–Crippen LogP) is 4.17. The first-order chi connectivity index (χ1) is 17.9. The van der Waals surface area contributed by atoms with Gasteiger partial charge in [0.1, 0.15) is 12.4 Å². The summed E-state index contributed by atoms with van der Waals surface area (Å²) in [6.07, 6.45) is 1.95. The van der Waals surface area contributed by atoms with Crippen molar-refractivity contribution in [3.05, 3.63) is 95.3 Å². The first-order valence-electron chi connectivity index (χ1n) is 12.4. The van der Waals surface area contributed by atoms with E-state index < -0.39 is 42.0 Å². The molecule has 2 atom stereocenters. The number of nitrogens with zero attached hydrogens (tertiary/aromatic N) is 3. The maximum absolute atomic E-state index is 14.5. The molecule has 1 aliphatic carbocycles. The molecule has 3 aromatic carbocycles. The Bertz CT molecular complexity index is 1410. The number of hydrogen-bond donors (Lipinski definition) is 0. The van der Waals surface area contributed by atoms with Gasteiger partial charge in [-0.15, -0.1) is 0 Å². The van der Waals surface area contributed by atoms with Gasteiger partial charge in [-0.1, -0.05) is 48.9 Å². The summed E-state index contributed by atoms with van der Waals surface area (Å²) in [7, 11) is 0. The third-order valence-corrected chi connectivity index (χ3v) is 7.51. The number of halogens is 1. The Hall–Kier alpha value is -4.33. The van der Waals surface area contributed by atoms with E-state index in [0.717, 1.165) is 16.9 Å². The zero-order valence-electron chi connectivity index (χ0n) is 20.0. The highest BCUT2D eigenvalue weighted by Gasteiger charge is 2.47. The molecule has 7 nitrogen and oxygen atoms in total. The molecule has 4 amide bonds. The number of imide groups is 1. The summed E-state index contributed by atoms with van der Waals surface area (Å²) in [4.78, 5) is 57.6. The first-order valence-corrected chi connectivity index (χ1v) is 12.4. The topological polar surface area (TPSA) is 78.0 Å². The molecular formula is C29H24FN3O4. The van der Waals surface area contributed by atoms with Gasteiger partial charge in [-0.2, -0.15) is 0 Å². The van der Waals surface area contributed by atoms with Gasteiger partial charge in [0, 0.05) is 6.04 Å². The lowest BCUT2D eigenvalue weighted by Gasteiger charge is -2.31. The maximum Gasteiger partial charge on any atom is 0.262 e. The van der Waals surface area contributed by atoms with Crippen LogP contribution in [0.15, 0.2) is 72.8 Å². The molecule has 0 radical (unpaired) electrons. The molecule has 1 saturated carbocycles. The van der Waals surface area contributed by atoms with Gasteiger partial charge in [-0.05, 0) is 48.7 Å². The maximum atomic E-state index is 14.5. The fourth-order valence-corrected chi connectivity index (χ4v) is 5.79. The number of amides is 4. The van der Waals surface area contributed by atoms with E-state index in [0.29, 0.717) is 24.2 Å². The summed E-state index contributed by atoms with van der Waals surface area (Å²) < 4.78 is 14.5. The van der Waals surface area contributed by atoms with Crippen LogP contribution < -0.4 is 9.80 Å². The number of hydrogen-bond acceptors (Lipinski definition) is 4. The molecule has 2 aliphatic heterocycles. The zero-order chi connectivity index (χ0) is 25.7. The van der Waals surface area contributed by atoms with Gasteiger partial charge < -0.3 is 9.80 Å². The predicted molar refractivity (Wildman–Crippen MR) is 134 cm³/mol. The molecule has 37 heavy (non-hydrogen) atoms. The molecule has 186 valence electrons. The van der Waals surface area contributed by atoms with Crippen LogP contribution >= 0.6 is 0 Å². The fourth-order valence-electron chi connectivity index (χ4n) is 5.79. The third-order valence-electron chi connectivity index (χ3n) is 7.51. The van der Waals surface area contributed by atoms with Gasteiger partial charge >= 0.3 is 0 Å². The van der Waals surface area contributed by atoms with E-state index in [1.165, 1.54) is 23.1 Å². The molecule has 0 bridgehead atoms. The number of benzene rings is 3. The molecule has 0 aromatic heterocycles. The average Bonchev–Trinajstić information content (AvgIpc) is 3.46. The Morgan fingerprint density at radius 2 is 1.49 bits per heavy atom. The number of rotatable bonds is 4. The monoisotopic (exact) mass is 497 g/mol. The van der Waals surface area contributed by atoms with E-state index >= 15 is 0 Å². The van der Waals surface area contributed by atoms with Gasteiger partial charge in [0.25, 0.3) is 11.8 Å². The highest BCUT2D eigenvalue weighted by atomic mass is 19.1. The van der Waals surface area contributed by atoms with Crippen LogP contribution in [0.25, 0.3) is 0 Å².